The lowest BCUT2D eigenvalue weighted by atomic mass is 10.1. The van der Waals surface area contributed by atoms with Gasteiger partial charge in [0.25, 0.3) is 0 Å². The highest BCUT2D eigenvalue weighted by Gasteiger charge is 2.11. The number of benzene rings is 2. The highest BCUT2D eigenvalue weighted by atomic mass is 19.1. The molecule has 27 heavy (non-hydrogen) atoms. The van der Waals surface area contributed by atoms with E-state index in [4.69, 9.17) is 4.74 Å². The van der Waals surface area contributed by atoms with E-state index in [9.17, 15) is 9.18 Å². The van der Waals surface area contributed by atoms with Crippen molar-refractivity contribution in [2.45, 2.75) is 25.8 Å². The largest absolute Gasteiger partial charge is 0.494 e. The molecule has 7 heteroatoms. The molecule has 1 aromatic heterocycles. The molecule has 0 aliphatic heterocycles. The third-order valence-corrected chi connectivity index (χ3v) is 4.31. The van der Waals surface area contributed by atoms with E-state index in [0.717, 1.165) is 16.8 Å². The second kappa shape index (κ2) is 8.44. The van der Waals surface area contributed by atoms with Crippen LogP contribution in [0.25, 0.3) is 5.69 Å². The van der Waals surface area contributed by atoms with Crippen molar-refractivity contribution in [2.24, 2.45) is 0 Å². The van der Waals surface area contributed by atoms with Gasteiger partial charge in [-0.15, -0.1) is 0 Å². The number of carbonyl (C=O) groups excluding carboxylic acids is 1. The quantitative estimate of drug-likeness (QED) is 0.695. The molecule has 3 rings (SSSR count). The number of amides is 1. The molecule has 2 aromatic carbocycles. The van der Waals surface area contributed by atoms with Gasteiger partial charge < -0.3 is 10.1 Å². The first-order valence-corrected chi connectivity index (χ1v) is 8.63. The van der Waals surface area contributed by atoms with Crippen LogP contribution in [0.1, 0.15) is 30.5 Å². The molecule has 0 saturated heterocycles. The highest BCUT2D eigenvalue weighted by Crippen LogP contribution is 2.19. The zero-order valence-corrected chi connectivity index (χ0v) is 15.2. The SMILES string of the molecule is COc1ccc(CCC(=O)NC(C)c2ccc(-n3cncn3)cc2)cc1F. The number of hydrogen-bond acceptors (Lipinski definition) is 4. The number of rotatable bonds is 7. The van der Waals surface area contributed by atoms with E-state index in [0.29, 0.717) is 6.42 Å². The van der Waals surface area contributed by atoms with E-state index in [2.05, 4.69) is 15.4 Å². The van der Waals surface area contributed by atoms with Gasteiger partial charge in [0.2, 0.25) is 5.91 Å². The maximum Gasteiger partial charge on any atom is 0.220 e. The Morgan fingerprint density at radius 2 is 2.04 bits per heavy atom. The average molecular weight is 368 g/mol. The van der Waals surface area contributed by atoms with Crippen molar-refractivity contribution < 1.29 is 13.9 Å². The summed E-state index contributed by atoms with van der Waals surface area (Å²) < 4.78 is 20.3. The summed E-state index contributed by atoms with van der Waals surface area (Å²) in [6.45, 7) is 1.93. The number of methoxy groups -OCH3 is 1. The normalized spacial score (nSPS) is 11.8. The molecule has 1 N–H and O–H groups in total. The van der Waals surface area contributed by atoms with Gasteiger partial charge in [0, 0.05) is 6.42 Å². The Hall–Kier alpha value is -3.22. The summed E-state index contributed by atoms with van der Waals surface area (Å²) in [6.07, 6.45) is 3.85. The molecule has 0 aliphatic carbocycles. The summed E-state index contributed by atoms with van der Waals surface area (Å²) in [4.78, 5) is 16.1. The van der Waals surface area contributed by atoms with Crippen molar-refractivity contribution in [2.75, 3.05) is 7.11 Å². The van der Waals surface area contributed by atoms with Gasteiger partial charge >= 0.3 is 0 Å². The molecule has 1 unspecified atom stereocenters. The van der Waals surface area contributed by atoms with Gasteiger partial charge in [0.15, 0.2) is 11.6 Å². The second-order valence-corrected chi connectivity index (χ2v) is 6.19. The van der Waals surface area contributed by atoms with E-state index >= 15 is 0 Å². The van der Waals surface area contributed by atoms with Crippen LogP contribution < -0.4 is 10.1 Å². The van der Waals surface area contributed by atoms with Crippen LogP contribution in [0, 0.1) is 5.82 Å². The summed E-state index contributed by atoms with van der Waals surface area (Å²) in [5.41, 5.74) is 2.65. The monoisotopic (exact) mass is 368 g/mol. The summed E-state index contributed by atoms with van der Waals surface area (Å²) in [5.74, 6) is -0.304. The van der Waals surface area contributed by atoms with E-state index in [1.165, 1.54) is 19.5 Å². The minimum absolute atomic E-state index is 0.0842. The Bertz CT molecular complexity index is 895. The summed E-state index contributed by atoms with van der Waals surface area (Å²) in [7, 11) is 1.42. The summed E-state index contributed by atoms with van der Waals surface area (Å²) >= 11 is 0. The molecular weight excluding hydrogens is 347 g/mol. The molecule has 1 amide bonds. The van der Waals surface area contributed by atoms with E-state index in [1.807, 2.05) is 31.2 Å². The fourth-order valence-corrected chi connectivity index (χ4v) is 2.78. The van der Waals surface area contributed by atoms with Crippen LogP contribution in [-0.4, -0.2) is 27.8 Å². The Morgan fingerprint density at radius 1 is 1.26 bits per heavy atom. The molecule has 140 valence electrons. The molecule has 0 bridgehead atoms. The van der Waals surface area contributed by atoms with Crippen LogP contribution in [0.3, 0.4) is 0 Å². The van der Waals surface area contributed by atoms with Crippen molar-refractivity contribution in [3.8, 4) is 11.4 Å². The Morgan fingerprint density at radius 3 is 2.67 bits per heavy atom. The predicted molar refractivity (Wildman–Crippen MR) is 99.2 cm³/mol. The fourth-order valence-electron chi connectivity index (χ4n) is 2.78. The minimum Gasteiger partial charge on any atom is -0.494 e. The van der Waals surface area contributed by atoms with Crippen LogP contribution in [-0.2, 0) is 11.2 Å². The van der Waals surface area contributed by atoms with Crippen LogP contribution in [0.15, 0.2) is 55.1 Å². The number of halogens is 1. The first-order valence-electron chi connectivity index (χ1n) is 8.63. The molecule has 0 fully saturated rings. The van der Waals surface area contributed by atoms with Crippen molar-refractivity contribution in [3.05, 3.63) is 72.1 Å². The van der Waals surface area contributed by atoms with Crippen LogP contribution in [0.2, 0.25) is 0 Å². The van der Waals surface area contributed by atoms with Crippen LogP contribution in [0.4, 0.5) is 4.39 Å². The van der Waals surface area contributed by atoms with Crippen molar-refractivity contribution in [1.29, 1.82) is 0 Å². The molecule has 1 atom stereocenters. The average Bonchev–Trinajstić information content (AvgIpc) is 3.21. The number of aryl methyl sites for hydroxylation is 1. The van der Waals surface area contributed by atoms with E-state index in [-0.39, 0.29) is 24.1 Å². The zero-order chi connectivity index (χ0) is 19.2. The molecule has 0 radical (unpaired) electrons. The molecule has 6 nitrogen and oxygen atoms in total. The smallest absolute Gasteiger partial charge is 0.220 e. The fraction of sp³-hybridized carbons (Fsp3) is 0.250. The van der Waals surface area contributed by atoms with E-state index < -0.39 is 5.82 Å². The standard InChI is InChI=1S/C20H21FN4O2/c1-14(16-5-7-17(8-6-16)25-13-22-12-23-25)24-20(26)10-4-15-3-9-19(27-2)18(21)11-15/h3,5-9,11-14H,4,10H2,1-2H3,(H,24,26). The lowest BCUT2D eigenvalue weighted by Gasteiger charge is -2.15. The second-order valence-electron chi connectivity index (χ2n) is 6.19. The van der Waals surface area contributed by atoms with Crippen LogP contribution >= 0.6 is 0 Å². The predicted octanol–water partition coefficient (Wildman–Crippen LogP) is 3.23. The van der Waals surface area contributed by atoms with Gasteiger partial charge in [0.05, 0.1) is 18.8 Å². The molecule has 1 heterocycles. The van der Waals surface area contributed by atoms with Gasteiger partial charge in [-0.3, -0.25) is 4.79 Å². The minimum atomic E-state index is -0.420. The number of hydrogen-bond donors (Lipinski definition) is 1. The first kappa shape index (κ1) is 18.6. The third kappa shape index (κ3) is 4.69. The third-order valence-electron chi connectivity index (χ3n) is 4.31. The number of ether oxygens (including phenoxy) is 1. The topological polar surface area (TPSA) is 69.0 Å². The van der Waals surface area contributed by atoms with Crippen molar-refractivity contribution >= 4 is 5.91 Å². The van der Waals surface area contributed by atoms with Gasteiger partial charge in [-0.25, -0.2) is 14.1 Å². The van der Waals surface area contributed by atoms with E-state index in [1.54, 1.807) is 23.1 Å². The Labute approximate surface area is 157 Å². The summed E-state index contributed by atoms with van der Waals surface area (Å²) in [6, 6.07) is 12.3. The molecule has 3 aromatic rings. The number of nitrogens with one attached hydrogen (secondary N) is 1. The van der Waals surface area contributed by atoms with Gasteiger partial charge in [-0.05, 0) is 48.7 Å². The summed E-state index contributed by atoms with van der Waals surface area (Å²) in [5, 5.41) is 7.05. The van der Waals surface area contributed by atoms with Gasteiger partial charge in [0.1, 0.15) is 12.7 Å². The van der Waals surface area contributed by atoms with Gasteiger partial charge in [-0.2, -0.15) is 5.10 Å². The maximum absolute atomic E-state index is 13.7. The highest BCUT2D eigenvalue weighted by molar-refractivity contribution is 5.76. The van der Waals surface area contributed by atoms with Crippen molar-refractivity contribution in [3.63, 3.8) is 0 Å². The molecular formula is C20H21FN4O2. The maximum atomic E-state index is 13.7. The first-order chi connectivity index (χ1) is 13.1. The lowest BCUT2D eigenvalue weighted by Crippen LogP contribution is -2.26. The lowest BCUT2D eigenvalue weighted by molar-refractivity contribution is -0.121. The van der Waals surface area contributed by atoms with Gasteiger partial charge in [-0.1, -0.05) is 18.2 Å². The zero-order valence-electron chi connectivity index (χ0n) is 15.2. The van der Waals surface area contributed by atoms with Crippen molar-refractivity contribution in [1.82, 2.24) is 20.1 Å². The number of aromatic nitrogens is 3. The molecule has 0 saturated carbocycles. The molecule has 0 aliphatic rings. The molecule has 0 spiro atoms. The van der Waals surface area contributed by atoms with Crippen LogP contribution in [0.5, 0.6) is 5.75 Å². The number of carbonyl (C=O) groups is 1. The Balaban J connectivity index is 1.53. The Kier molecular flexibility index (Phi) is 5.80. The number of nitrogens with zero attached hydrogens (tertiary/aromatic N) is 3.